The lowest BCUT2D eigenvalue weighted by molar-refractivity contribution is -0.469. The lowest BCUT2D eigenvalue weighted by Gasteiger charge is -2.16. The van der Waals surface area contributed by atoms with Crippen molar-refractivity contribution >= 4 is 34.8 Å². The number of esters is 1. The summed E-state index contributed by atoms with van der Waals surface area (Å²) < 4.78 is 6.03. The molecule has 1 heterocycles. The molecule has 2 aromatic carbocycles. The fraction of sp³-hybridized carbons (Fsp3) is 0.190. The first-order valence-corrected chi connectivity index (χ1v) is 8.84. The lowest BCUT2D eigenvalue weighted by Crippen LogP contribution is -2.31. The SMILES string of the molecule is CCOC(=O)c1c(/C=C/c2ccc(N(C)C)cc2)n([O-])c2ccccc2[n+]1=O. The van der Waals surface area contributed by atoms with E-state index in [0.29, 0.717) is 9.16 Å². The highest BCUT2D eigenvalue weighted by Crippen LogP contribution is 2.19. The van der Waals surface area contributed by atoms with E-state index < -0.39 is 5.97 Å². The van der Waals surface area contributed by atoms with Gasteiger partial charge in [-0.3, -0.25) is 0 Å². The smallest absolute Gasteiger partial charge is 0.411 e. The summed E-state index contributed by atoms with van der Waals surface area (Å²) in [5.74, 6) is -0.838. The number of anilines is 1. The molecule has 1 aromatic heterocycles. The summed E-state index contributed by atoms with van der Waals surface area (Å²) in [5, 5.41) is 12.9. The van der Waals surface area contributed by atoms with Gasteiger partial charge in [-0.2, -0.15) is 0 Å². The van der Waals surface area contributed by atoms with Crippen LogP contribution in [0.15, 0.2) is 48.5 Å². The highest BCUT2D eigenvalue weighted by Gasteiger charge is 2.29. The molecular formula is C21H21N3O4. The molecule has 0 saturated carbocycles. The number of ether oxygens (including phenoxy) is 1. The van der Waals surface area contributed by atoms with Crippen LogP contribution in [0.1, 0.15) is 28.7 Å². The number of hydrogen-bond acceptors (Lipinski definition) is 5. The first-order chi connectivity index (χ1) is 13.4. The van der Waals surface area contributed by atoms with Crippen molar-refractivity contribution < 1.29 is 14.0 Å². The normalized spacial score (nSPS) is 11.1. The summed E-state index contributed by atoms with van der Waals surface area (Å²) in [5.41, 5.74) is 1.74. The number of benzene rings is 2. The summed E-state index contributed by atoms with van der Waals surface area (Å²) >= 11 is 0. The van der Waals surface area contributed by atoms with Gasteiger partial charge in [0, 0.05) is 30.8 Å². The van der Waals surface area contributed by atoms with Gasteiger partial charge in [-0.15, -0.1) is 0 Å². The van der Waals surface area contributed by atoms with Gasteiger partial charge >= 0.3 is 11.7 Å². The highest BCUT2D eigenvalue weighted by molar-refractivity contribution is 5.92. The summed E-state index contributed by atoms with van der Waals surface area (Å²) in [6.07, 6.45) is 3.14. The van der Waals surface area contributed by atoms with Crippen LogP contribution in [0.3, 0.4) is 0 Å². The van der Waals surface area contributed by atoms with E-state index in [2.05, 4.69) is 0 Å². The van der Waals surface area contributed by atoms with Gasteiger partial charge in [0.25, 0.3) is 5.52 Å². The molecule has 0 N–H and O–H groups in total. The maximum atomic E-state index is 12.9. The van der Waals surface area contributed by atoms with Crippen LogP contribution in [-0.4, -0.2) is 31.4 Å². The molecule has 0 aliphatic heterocycles. The Morgan fingerprint density at radius 2 is 1.82 bits per heavy atom. The van der Waals surface area contributed by atoms with E-state index in [-0.39, 0.29) is 29.0 Å². The van der Waals surface area contributed by atoms with Gasteiger partial charge in [-0.25, -0.2) is 4.79 Å². The topological polar surface area (TPSA) is 80.5 Å². The summed E-state index contributed by atoms with van der Waals surface area (Å²) in [6.45, 7) is 1.74. The quantitative estimate of drug-likeness (QED) is 0.502. The van der Waals surface area contributed by atoms with Crippen LogP contribution < -0.4 is 9.33 Å². The van der Waals surface area contributed by atoms with Crippen molar-refractivity contribution in [2.45, 2.75) is 6.92 Å². The van der Waals surface area contributed by atoms with Crippen molar-refractivity contribution in [3.63, 3.8) is 0 Å². The third-order valence-corrected chi connectivity index (χ3v) is 4.30. The molecule has 0 aliphatic rings. The number of fused-ring (bicyclic) bond motifs is 1. The Kier molecular flexibility index (Phi) is 5.44. The van der Waals surface area contributed by atoms with Crippen molar-refractivity contribution in [1.29, 1.82) is 0 Å². The number of carbonyl (C=O) groups is 1. The minimum atomic E-state index is -0.838. The van der Waals surface area contributed by atoms with Crippen molar-refractivity contribution in [1.82, 2.24) is 4.73 Å². The van der Waals surface area contributed by atoms with E-state index in [9.17, 15) is 14.9 Å². The van der Waals surface area contributed by atoms with Crippen molar-refractivity contribution in [2.24, 2.45) is 0 Å². The molecule has 144 valence electrons. The molecule has 0 atom stereocenters. The minimum absolute atomic E-state index is 0.0659. The van der Waals surface area contributed by atoms with Crippen molar-refractivity contribution in [3.05, 3.63) is 75.6 Å². The second kappa shape index (κ2) is 7.96. The predicted octanol–water partition coefficient (Wildman–Crippen LogP) is 3.31. The van der Waals surface area contributed by atoms with Crippen LogP contribution in [0, 0.1) is 10.1 Å². The molecule has 7 nitrogen and oxygen atoms in total. The Morgan fingerprint density at radius 3 is 2.46 bits per heavy atom. The number of nitrogens with zero attached hydrogens (tertiary/aromatic N) is 3. The molecule has 0 aliphatic carbocycles. The van der Waals surface area contributed by atoms with E-state index >= 15 is 0 Å². The zero-order valence-electron chi connectivity index (χ0n) is 16.0. The van der Waals surface area contributed by atoms with E-state index in [1.807, 2.05) is 43.3 Å². The van der Waals surface area contributed by atoms with Crippen LogP contribution in [0.5, 0.6) is 0 Å². The molecule has 28 heavy (non-hydrogen) atoms. The van der Waals surface area contributed by atoms with Gasteiger partial charge in [-0.05, 0) is 36.8 Å². The average Bonchev–Trinajstić information content (AvgIpc) is 2.70. The number of aromatic nitrogens is 2. The molecule has 3 aromatic rings. The molecule has 0 saturated heterocycles. The van der Waals surface area contributed by atoms with Gasteiger partial charge < -0.3 is 19.6 Å². The van der Waals surface area contributed by atoms with Gasteiger partial charge in [-0.1, -0.05) is 30.3 Å². The van der Waals surface area contributed by atoms with Gasteiger partial charge in [0.2, 0.25) is 0 Å². The fourth-order valence-corrected chi connectivity index (χ4v) is 2.85. The van der Waals surface area contributed by atoms with Crippen LogP contribution in [0.2, 0.25) is 0 Å². The Balaban J connectivity index is 2.15. The van der Waals surface area contributed by atoms with E-state index in [1.54, 1.807) is 25.1 Å². The monoisotopic (exact) mass is 379 g/mol. The van der Waals surface area contributed by atoms with E-state index in [4.69, 9.17) is 4.74 Å². The van der Waals surface area contributed by atoms with Gasteiger partial charge in [0.15, 0.2) is 0 Å². The van der Waals surface area contributed by atoms with Crippen LogP contribution in [-0.2, 0) is 4.74 Å². The molecule has 0 bridgehead atoms. The zero-order valence-corrected chi connectivity index (χ0v) is 16.0. The molecule has 0 radical (unpaired) electrons. The Labute approximate surface area is 162 Å². The minimum Gasteiger partial charge on any atom is -0.805 e. The third-order valence-electron chi connectivity index (χ3n) is 4.30. The maximum Gasteiger partial charge on any atom is 0.411 e. The van der Waals surface area contributed by atoms with Crippen LogP contribution >= 0.6 is 0 Å². The van der Waals surface area contributed by atoms with Crippen molar-refractivity contribution in [2.75, 3.05) is 25.6 Å². The molecule has 0 amide bonds. The zero-order chi connectivity index (χ0) is 20.3. The standard InChI is InChI=1S/C21H21N3O4/c1-4-28-21(25)20-19(14-11-15-9-12-16(13-10-15)22(2)3)23(26)17-7-5-6-8-18(17)24(20)27/h5-14H,4H2,1-3H3/b14-11+. The Morgan fingerprint density at radius 1 is 1.14 bits per heavy atom. The largest absolute Gasteiger partial charge is 0.805 e. The Bertz CT molecular complexity index is 1100. The molecule has 0 fully saturated rings. The molecular weight excluding hydrogens is 358 g/mol. The molecule has 3 rings (SSSR count). The molecule has 0 unspecified atom stereocenters. The van der Waals surface area contributed by atoms with E-state index in [1.165, 1.54) is 18.2 Å². The summed E-state index contributed by atoms with van der Waals surface area (Å²) in [4.78, 5) is 27.1. The number of hydrogen-bond donors (Lipinski definition) is 0. The summed E-state index contributed by atoms with van der Waals surface area (Å²) in [7, 11) is 3.89. The average molecular weight is 379 g/mol. The second-order valence-corrected chi connectivity index (χ2v) is 6.35. The number of carbonyl (C=O) groups excluding carboxylic acids is 1. The predicted molar refractivity (Wildman–Crippen MR) is 110 cm³/mol. The molecule has 7 heteroatoms. The van der Waals surface area contributed by atoms with Gasteiger partial charge in [0.1, 0.15) is 11.2 Å². The maximum absolute atomic E-state index is 12.9. The highest BCUT2D eigenvalue weighted by atomic mass is 16.5. The molecule has 0 spiro atoms. The van der Waals surface area contributed by atoms with Crippen molar-refractivity contribution in [3.8, 4) is 0 Å². The number of rotatable bonds is 5. The Hall–Kier alpha value is -3.61. The van der Waals surface area contributed by atoms with E-state index in [0.717, 1.165) is 11.3 Å². The fourth-order valence-electron chi connectivity index (χ4n) is 2.85. The summed E-state index contributed by atoms with van der Waals surface area (Å²) in [6, 6.07) is 14.0. The van der Waals surface area contributed by atoms with Crippen LogP contribution in [0.25, 0.3) is 23.2 Å². The van der Waals surface area contributed by atoms with Gasteiger partial charge in [0.05, 0.1) is 11.0 Å². The second-order valence-electron chi connectivity index (χ2n) is 6.35. The number of para-hydroxylation sites is 2. The lowest BCUT2D eigenvalue weighted by atomic mass is 10.1. The third kappa shape index (κ3) is 3.59. The first kappa shape index (κ1) is 19.2. The van der Waals surface area contributed by atoms with Crippen LogP contribution in [0.4, 0.5) is 5.69 Å². The first-order valence-electron chi connectivity index (χ1n) is 8.84.